The summed E-state index contributed by atoms with van der Waals surface area (Å²) in [5, 5.41) is 25.9. The van der Waals surface area contributed by atoms with Crippen LogP contribution in [-0.2, 0) is 17.1 Å². The Balaban J connectivity index is 0.00000225. The zero-order valence-corrected chi connectivity index (χ0v) is 8.76. The fourth-order valence-corrected chi connectivity index (χ4v) is 1.04. The van der Waals surface area contributed by atoms with Crippen LogP contribution in [0, 0.1) is 0 Å². The van der Waals surface area contributed by atoms with Crippen molar-refractivity contribution in [3.63, 3.8) is 0 Å². The first kappa shape index (κ1) is 14.1. The van der Waals surface area contributed by atoms with Crippen molar-refractivity contribution in [3.05, 3.63) is 34.9 Å². The number of aromatic carboxylic acids is 3. The van der Waals surface area contributed by atoms with Crippen LogP contribution in [0.1, 0.15) is 31.1 Å². The Hall–Kier alpha value is -1.85. The van der Waals surface area contributed by atoms with Gasteiger partial charge >= 0.3 is 17.9 Å². The molecule has 0 spiro atoms. The van der Waals surface area contributed by atoms with E-state index in [9.17, 15) is 14.4 Å². The summed E-state index contributed by atoms with van der Waals surface area (Å²) in [5.74, 6) is -4.20. The van der Waals surface area contributed by atoms with Crippen molar-refractivity contribution in [2.75, 3.05) is 0 Å². The van der Waals surface area contributed by atoms with Crippen LogP contribution < -0.4 is 0 Å². The molecule has 0 aliphatic carbocycles. The molecule has 0 heterocycles. The van der Waals surface area contributed by atoms with Gasteiger partial charge in [-0.05, 0) is 18.2 Å². The van der Waals surface area contributed by atoms with Crippen molar-refractivity contribution in [3.8, 4) is 0 Å². The maximum absolute atomic E-state index is 10.6. The predicted molar refractivity (Wildman–Crippen MR) is 47.3 cm³/mol. The van der Waals surface area contributed by atoms with Crippen molar-refractivity contribution >= 4 is 17.9 Å². The first-order chi connectivity index (χ1) is 6.93. The molecule has 86 valence electrons. The Kier molecular flexibility index (Phi) is 4.68. The van der Waals surface area contributed by atoms with E-state index in [4.69, 9.17) is 15.3 Å². The van der Waals surface area contributed by atoms with Crippen LogP contribution in [0.2, 0.25) is 0 Å². The molecule has 0 aliphatic heterocycles. The van der Waals surface area contributed by atoms with Gasteiger partial charge in [0.2, 0.25) is 0 Å². The standard InChI is InChI=1S/C9H6O6.Fe/c10-7(11)4-1-2-5(8(12)13)6(3-4)9(14)15;/h1-3H,(H,10,11)(H,12,13)(H,14,15);. The van der Waals surface area contributed by atoms with Crippen LogP contribution in [-0.4, -0.2) is 33.2 Å². The Morgan fingerprint density at radius 2 is 1.31 bits per heavy atom. The fourth-order valence-electron chi connectivity index (χ4n) is 1.04. The molecule has 0 radical (unpaired) electrons. The topological polar surface area (TPSA) is 112 Å². The minimum Gasteiger partial charge on any atom is -0.478 e. The monoisotopic (exact) mass is 266 g/mol. The molecule has 1 rings (SSSR count). The van der Waals surface area contributed by atoms with Gasteiger partial charge in [0.1, 0.15) is 0 Å². The molecule has 0 aliphatic rings. The zero-order valence-electron chi connectivity index (χ0n) is 7.65. The molecule has 0 amide bonds. The molecule has 0 unspecified atom stereocenters. The number of hydrogen-bond donors (Lipinski definition) is 3. The molecule has 1 aromatic carbocycles. The third-order valence-electron chi connectivity index (χ3n) is 1.73. The number of carboxylic acids is 3. The SMILES string of the molecule is O=C(O)c1ccc(C(=O)O)c(C(=O)O)c1.[Fe]. The van der Waals surface area contributed by atoms with E-state index in [1.807, 2.05) is 0 Å². The summed E-state index contributed by atoms with van der Waals surface area (Å²) in [6, 6.07) is 2.81. The van der Waals surface area contributed by atoms with Crippen LogP contribution in [0.5, 0.6) is 0 Å². The van der Waals surface area contributed by atoms with Crippen LogP contribution in [0.3, 0.4) is 0 Å². The van der Waals surface area contributed by atoms with E-state index in [-0.39, 0.29) is 22.6 Å². The molecular formula is C9H6FeO6. The summed E-state index contributed by atoms with van der Waals surface area (Å²) in [5.41, 5.74) is -1.24. The van der Waals surface area contributed by atoms with Crippen LogP contribution in [0.15, 0.2) is 18.2 Å². The molecule has 7 heteroatoms. The van der Waals surface area contributed by atoms with E-state index in [1.165, 1.54) is 0 Å². The van der Waals surface area contributed by atoms with Crippen molar-refractivity contribution in [2.45, 2.75) is 0 Å². The summed E-state index contributed by atoms with van der Waals surface area (Å²) in [6.07, 6.45) is 0. The van der Waals surface area contributed by atoms with Crippen LogP contribution in [0.4, 0.5) is 0 Å². The molecule has 1 aromatic rings. The molecule has 0 atom stereocenters. The predicted octanol–water partition coefficient (Wildman–Crippen LogP) is 0.779. The molecule has 0 aromatic heterocycles. The zero-order chi connectivity index (χ0) is 11.6. The smallest absolute Gasteiger partial charge is 0.336 e. The van der Waals surface area contributed by atoms with Gasteiger partial charge in [0.05, 0.1) is 16.7 Å². The number of carboxylic acid groups (broad SMARTS) is 3. The van der Waals surface area contributed by atoms with E-state index >= 15 is 0 Å². The molecule has 0 saturated heterocycles. The second-order valence-electron chi connectivity index (χ2n) is 2.68. The van der Waals surface area contributed by atoms with Gasteiger partial charge in [-0.1, -0.05) is 0 Å². The average Bonchev–Trinajstić information content (AvgIpc) is 2.16. The van der Waals surface area contributed by atoms with E-state index < -0.39 is 29.0 Å². The maximum atomic E-state index is 10.6. The summed E-state index contributed by atoms with van der Waals surface area (Å²) < 4.78 is 0. The van der Waals surface area contributed by atoms with Gasteiger partial charge in [0, 0.05) is 17.1 Å². The van der Waals surface area contributed by atoms with Crippen LogP contribution >= 0.6 is 0 Å². The minimum absolute atomic E-state index is 0. The third-order valence-corrected chi connectivity index (χ3v) is 1.73. The van der Waals surface area contributed by atoms with E-state index in [0.29, 0.717) is 0 Å². The summed E-state index contributed by atoms with van der Waals surface area (Å²) in [4.78, 5) is 31.8. The van der Waals surface area contributed by atoms with E-state index in [2.05, 4.69) is 0 Å². The number of benzene rings is 1. The first-order valence-corrected chi connectivity index (χ1v) is 3.77. The summed E-state index contributed by atoms with van der Waals surface area (Å²) >= 11 is 0. The largest absolute Gasteiger partial charge is 0.478 e. The Labute approximate surface area is 100.0 Å². The maximum Gasteiger partial charge on any atom is 0.336 e. The summed E-state index contributed by atoms with van der Waals surface area (Å²) in [7, 11) is 0. The van der Waals surface area contributed by atoms with Gasteiger partial charge in [-0.15, -0.1) is 0 Å². The first-order valence-electron chi connectivity index (χ1n) is 3.77. The van der Waals surface area contributed by atoms with Gasteiger partial charge in [0.25, 0.3) is 0 Å². The number of rotatable bonds is 3. The second-order valence-corrected chi connectivity index (χ2v) is 2.68. The molecule has 3 N–H and O–H groups in total. The molecule has 0 fully saturated rings. The van der Waals surface area contributed by atoms with Gasteiger partial charge in [-0.2, -0.15) is 0 Å². The number of carbonyl (C=O) groups is 3. The normalized spacial score (nSPS) is 9.00. The quantitative estimate of drug-likeness (QED) is 0.697. The Morgan fingerprint density at radius 1 is 0.812 bits per heavy atom. The Bertz CT molecular complexity index is 453. The molecule has 16 heavy (non-hydrogen) atoms. The van der Waals surface area contributed by atoms with Crippen molar-refractivity contribution in [1.29, 1.82) is 0 Å². The van der Waals surface area contributed by atoms with Gasteiger partial charge in [-0.3, -0.25) is 0 Å². The van der Waals surface area contributed by atoms with Gasteiger partial charge in [0.15, 0.2) is 0 Å². The van der Waals surface area contributed by atoms with E-state index in [1.54, 1.807) is 0 Å². The van der Waals surface area contributed by atoms with Gasteiger partial charge in [-0.25, -0.2) is 14.4 Å². The average molecular weight is 266 g/mol. The van der Waals surface area contributed by atoms with Crippen molar-refractivity contribution in [1.82, 2.24) is 0 Å². The molecule has 0 saturated carbocycles. The molecular weight excluding hydrogens is 260 g/mol. The third kappa shape index (κ3) is 2.82. The second kappa shape index (κ2) is 5.29. The summed E-state index contributed by atoms with van der Waals surface area (Å²) in [6.45, 7) is 0. The van der Waals surface area contributed by atoms with Crippen molar-refractivity contribution < 1.29 is 46.8 Å². The fraction of sp³-hybridized carbons (Fsp3) is 0. The molecule has 6 nitrogen and oxygen atoms in total. The Morgan fingerprint density at radius 3 is 1.69 bits per heavy atom. The van der Waals surface area contributed by atoms with Crippen LogP contribution in [0.25, 0.3) is 0 Å². The number of hydrogen-bond acceptors (Lipinski definition) is 3. The van der Waals surface area contributed by atoms with E-state index in [0.717, 1.165) is 18.2 Å². The van der Waals surface area contributed by atoms with Crippen molar-refractivity contribution in [2.24, 2.45) is 0 Å². The molecule has 0 bridgehead atoms. The minimum atomic E-state index is -1.48. The van der Waals surface area contributed by atoms with Gasteiger partial charge < -0.3 is 15.3 Å².